The molecule has 0 aromatic heterocycles. The third-order valence-corrected chi connectivity index (χ3v) is 2.52. The van der Waals surface area contributed by atoms with Gasteiger partial charge in [-0.05, 0) is 34.1 Å². The highest BCUT2D eigenvalue weighted by molar-refractivity contribution is 9.10. The molecule has 0 aliphatic heterocycles. The van der Waals surface area contributed by atoms with E-state index in [-0.39, 0.29) is 10.0 Å². The number of carbonyl (C=O) groups excluding carboxylic acids is 2. The van der Waals surface area contributed by atoms with Gasteiger partial charge in [0.15, 0.2) is 0 Å². The van der Waals surface area contributed by atoms with Gasteiger partial charge in [-0.3, -0.25) is 4.79 Å². The quantitative estimate of drug-likeness (QED) is 0.402. The Hall–Kier alpha value is -1.69. The van der Waals surface area contributed by atoms with Crippen LogP contribution in [0.4, 0.5) is 4.39 Å². The molecular weight excluding hydrogens is 295 g/mol. The summed E-state index contributed by atoms with van der Waals surface area (Å²) in [7, 11) is 1.05. The molecule has 0 bridgehead atoms. The summed E-state index contributed by atoms with van der Waals surface area (Å²) < 4.78 is 17.2. The normalized spacial score (nSPS) is 11.1. The van der Waals surface area contributed by atoms with Crippen molar-refractivity contribution in [3.8, 4) is 0 Å². The van der Waals surface area contributed by atoms with Crippen LogP contribution in [-0.2, 0) is 14.3 Å². The minimum atomic E-state index is -1.09. The van der Waals surface area contributed by atoms with Crippen molar-refractivity contribution in [1.82, 2.24) is 0 Å². The largest absolute Gasteiger partial charge is 0.507 e. The molecule has 90 valence electrons. The van der Waals surface area contributed by atoms with Crippen LogP contribution in [0.15, 0.2) is 28.7 Å². The first-order chi connectivity index (χ1) is 7.95. The molecule has 0 amide bonds. The molecule has 0 aliphatic carbocycles. The number of benzene rings is 1. The average molecular weight is 303 g/mol. The first-order valence-corrected chi connectivity index (χ1v) is 5.23. The Morgan fingerprint density at radius 1 is 1.47 bits per heavy atom. The topological polar surface area (TPSA) is 63.6 Å². The first kappa shape index (κ1) is 13.4. The highest BCUT2D eigenvalue weighted by Crippen LogP contribution is 2.23. The molecule has 0 radical (unpaired) electrons. The van der Waals surface area contributed by atoms with E-state index in [0.717, 1.165) is 19.2 Å². The number of halogens is 2. The molecule has 0 fully saturated rings. The summed E-state index contributed by atoms with van der Waals surface area (Å²) in [4.78, 5) is 22.0. The molecule has 1 aromatic carbocycles. The van der Waals surface area contributed by atoms with Gasteiger partial charge in [0, 0.05) is 16.1 Å². The highest BCUT2D eigenvalue weighted by atomic mass is 79.9. The Morgan fingerprint density at radius 2 is 2.12 bits per heavy atom. The van der Waals surface area contributed by atoms with Crippen LogP contribution in [0.3, 0.4) is 0 Å². The molecule has 6 heteroatoms. The number of carbonyl (C=O) groups is 2. The third kappa shape index (κ3) is 3.39. The first-order valence-electron chi connectivity index (χ1n) is 4.44. The number of aliphatic hydroxyl groups is 1. The van der Waals surface area contributed by atoms with Crippen molar-refractivity contribution in [3.63, 3.8) is 0 Å². The van der Waals surface area contributed by atoms with Gasteiger partial charge in [0.1, 0.15) is 11.6 Å². The lowest BCUT2D eigenvalue weighted by atomic mass is 10.1. The predicted octanol–water partition coefficient (Wildman–Crippen LogP) is 2.23. The van der Waals surface area contributed by atoms with E-state index in [4.69, 9.17) is 0 Å². The second kappa shape index (κ2) is 5.58. The Kier molecular flexibility index (Phi) is 4.39. The van der Waals surface area contributed by atoms with E-state index in [1.807, 2.05) is 0 Å². The van der Waals surface area contributed by atoms with Gasteiger partial charge in [0.2, 0.25) is 0 Å². The fraction of sp³-hybridized carbons (Fsp3) is 0.0909. The maximum atomic E-state index is 12.8. The second-order valence-corrected chi connectivity index (χ2v) is 3.86. The molecule has 0 heterocycles. The maximum absolute atomic E-state index is 12.8. The molecule has 17 heavy (non-hydrogen) atoms. The van der Waals surface area contributed by atoms with Crippen molar-refractivity contribution >= 4 is 33.4 Å². The number of hydrogen-bond acceptors (Lipinski definition) is 4. The fourth-order valence-electron chi connectivity index (χ4n) is 1.06. The molecule has 0 unspecified atom stereocenters. The third-order valence-electron chi connectivity index (χ3n) is 1.86. The zero-order valence-corrected chi connectivity index (χ0v) is 10.3. The van der Waals surface area contributed by atoms with E-state index in [9.17, 15) is 19.1 Å². The van der Waals surface area contributed by atoms with Gasteiger partial charge in [-0.25, -0.2) is 9.18 Å². The van der Waals surface area contributed by atoms with Gasteiger partial charge in [0.25, 0.3) is 5.78 Å². The predicted molar refractivity (Wildman–Crippen MR) is 61.7 cm³/mol. The molecular formula is C11H8BrFO4. The number of methoxy groups -OCH3 is 1. The Morgan fingerprint density at radius 3 is 2.65 bits per heavy atom. The summed E-state index contributed by atoms with van der Waals surface area (Å²) in [5, 5.41) is 9.59. The molecule has 1 aromatic rings. The van der Waals surface area contributed by atoms with Gasteiger partial charge in [-0.1, -0.05) is 0 Å². The summed E-state index contributed by atoms with van der Waals surface area (Å²) in [5.74, 6) is -3.03. The van der Waals surface area contributed by atoms with Crippen LogP contribution in [0.5, 0.6) is 0 Å². The van der Waals surface area contributed by atoms with E-state index in [2.05, 4.69) is 20.7 Å². The van der Waals surface area contributed by atoms with E-state index < -0.39 is 23.3 Å². The van der Waals surface area contributed by atoms with E-state index in [1.54, 1.807) is 0 Å². The minimum absolute atomic E-state index is 0.198. The van der Waals surface area contributed by atoms with Gasteiger partial charge < -0.3 is 9.84 Å². The van der Waals surface area contributed by atoms with Gasteiger partial charge in [-0.15, -0.1) is 0 Å². The van der Waals surface area contributed by atoms with Crippen LogP contribution < -0.4 is 0 Å². The summed E-state index contributed by atoms with van der Waals surface area (Å²) >= 11 is 3.02. The van der Waals surface area contributed by atoms with Crippen LogP contribution in [-0.4, -0.2) is 24.0 Å². The number of rotatable bonds is 3. The van der Waals surface area contributed by atoms with Crippen molar-refractivity contribution in [1.29, 1.82) is 0 Å². The van der Waals surface area contributed by atoms with Crippen molar-refractivity contribution in [2.75, 3.05) is 7.11 Å². The SMILES string of the molecule is COC(=O)C(=O)C=C(O)c1ccc(F)cc1Br. The number of aliphatic hydroxyl groups excluding tert-OH is 1. The van der Waals surface area contributed by atoms with Crippen LogP contribution in [0.2, 0.25) is 0 Å². The Labute approximate surface area is 105 Å². The van der Waals surface area contributed by atoms with Crippen LogP contribution in [0.1, 0.15) is 5.56 Å². The number of hydrogen-bond donors (Lipinski definition) is 1. The monoisotopic (exact) mass is 302 g/mol. The van der Waals surface area contributed by atoms with Crippen LogP contribution >= 0.6 is 15.9 Å². The van der Waals surface area contributed by atoms with Crippen LogP contribution in [0.25, 0.3) is 5.76 Å². The smallest absolute Gasteiger partial charge is 0.378 e. The zero-order valence-electron chi connectivity index (χ0n) is 8.74. The number of ether oxygens (including phenoxy) is 1. The maximum Gasteiger partial charge on any atom is 0.378 e. The molecule has 1 rings (SSSR count). The molecule has 4 nitrogen and oxygen atoms in total. The summed E-state index contributed by atoms with van der Waals surface area (Å²) in [6.07, 6.45) is 0.712. The molecule has 0 saturated heterocycles. The van der Waals surface area contributed by atoms with Gasteiger partial charge >= 0.3 is 5.97 Å². The van der Waals surface area contributed by atoms with Crippen LogP contribution in [0, 0.1) is 5.82 Å². The molecule has 1 N–H and O–H groups in total. The summed E-state index contributed by atoms with van der Waals surface area (Å²) in [5.41, 5.74) is 0.198. The average Bonchev–Trinajstić information content (AvgIpc) is 2.27. The second-order valence-electron chi connectivity index (χ2n) is 3.01. The van der Waals surface area contributed by atoms with Crippen molar-refractivity contribution in [2.24, 2.45) is 0 Å². The fourth-order valence-corrected chi connectivity index (χ4v) is 1.61. The zero-order chi connectivity index (χ0) is 13.0. The van der Waals surface area contributed by atoms with E-state index in [0.29, 0.717) is 6.08 Å². The summed E-state index contributed by atoms with van der Waals surface area (Å²) in [6.45, 7) is 0. The lowest BCUT2D eigenvalue weighted by Crippen LogP contribution is -2.13. The Bertz CT molecular complexity index is 496. The summed E-state index contributed by atoms with van der Waals surface area (Å²) in [6, 6.07) is 3.52. The minimum Gasteiger partial charge on any atom is -0.507 e. The molecule has 0 aliphatic rings. The highest BCUT2D eigenvalue weighted by Gasteiger charge is 2.14. The molecule has 0 saturated carbocycles. The van der Waals surface area contributed by atoms with Crippen molar-refractivity contribution in [3.05, 3.63) is 40.1 Å². The van der Waals surface area contributed by atoms with E-state index in [1.165, 1.54) is 6.07 Å². The van der Waals surface area contributed by atoms with Crippen molar-refractivity contribution in [2.45, 2.75) is 0 Å². The van der Waals surface area contributed by atoms with Crippen molar-refractivity contribution < 1.29 is 23.8 Å². The Balaban J connectivity index is 3.04. The van der Waals surface area contributed by atoms with E-state index >= 15 is 0 Å². The number of esters is 1. The lowest BCUT2D eigenvalue weighted by molar-refractivity contribution is -0.149. The number of ketones is 1. The molecule has 0 spiro atoms. The standard InChI is InChI=1S/C11H8BrFO4/c1-17-11(16)10(15)5-9(14)7-3-2-6(13)4-8(7)12/h2-5,14H,1H3. The van der Waals surface area contributed by atoms with Gasteiger partial charge in [-0.2, -0.15) is 0 Å². The lowest BCUT2D eigenvalue weighted by Gasteiger charge is -2.03. The van der Waals surface area contributed by atoms with Gasteiger partial charge in [0.05, 0.1) is 7.11 Å². The molecule has 0 atom stereocenters.